The number of hydrogen-bond acceptors (Lipinski definition) is 3. The van der Waals surface area contributed by atoms with Gasteiger partial charge in [0.25, 0.3) is 0 Å². The summed E-state index contributed by atoms with van der Waals surface area (Å²) in [6.07, 6.45) is 1.85. The van der Waals surface area contributed by atoms with Gasteiger partial charge >= 0.3 is 0 Å². The summed E-state index contributed by atoms with van der Waals surface area (Å²) >= 11 is 7.57. The fourth-order valence-electron chi connectivity index (χ4n) is 1.51. The molecule has 1 aromatic heterocycles. The fraction of sp³-hybridized carbons (Fsp3) is 0.214. The van der Waals surface area contributed by atoms with Gasteiger partial charge in [0.15, 0.2) is 0 Å². The van der Waals surface area contributed by atoms with Crippen molar-refractivity contribution in [3.05, 3.63) is 58.9 Å². The van der Waals surface area contributed by atoms with Gasteiger partial charge in [-0.1, -0.05) is 17.7 Å². The summed E-state index contributed by atoms with van der Waals surface area (Å²) in [6.45, 7) is 1.97. The van der Waals surface area contributed by atoms with Crippen LogP contribution in [-0.4, -0.2) is 10.7 Å². The van der Waals surface area contributed by atoms with E-state index in [4.69, 9.17) is 17.3 Å². The number of halogens is 1. The minimum atomic E-state index is -0.00113. The first-order chi connectivity index (χ1) is 8.65. The zero-order valence-electron chi connectivity index (χ0n) is 10.1. The van der Waals surface area contributed by atoms with Gasteiger partial charge < -0.3 is 5.73 Å². The van der Waals surface area contributed by atoms with Crippen LogP contribution in [0.5, 0.6) is 0 Å². The number of rotatable bonds is 4. The Balaban J connectivity index is 1.93. The minimum Gasteiger partial charge on any atom is -0.323 e. The molecule has 2 aromatic rings. The van der Waals surface area contributed by atoms with Crippen molar-refractivity contribution >= 4 is 23.4 Å². The molecule has 1 unspecified atom stereocenters. The summed E-state index contributed by atoms with van der Waals surface area (Å²) in [7, 11) is 0. The molecule has 0 saturated heterocycles. The Morgan fingerprint density at radius 1 is 1.22 bits per heavy atom. The summed E-state index contributed by atoms with van der Waals surface area (Å²) in [5.74, 6) is 0.826. The zero-order valence-corrected chi connectivity index (χ0v) is 11.7. The summed E-state index contributed by atoms with van der Waals surface area (Å²) in [6, 6.07) is 11.8. The highest BCUT2D eigenvalue weighted by Crippen LogP contribution is 2.24. The van der Waals surface area contributed by atoms with Crippen molar-refractivity contribution in [2.45, 2.75) is 17.9 Å². The number of pyridine rings is 1. The van der Waals surface area contributed by atoms with Gasteiger partial charge in [0.2, 0.25) is 0 Å². The maximum atomic E-state index is 6.14. The Morgan fingerprint density at radius 3 is 2.56 bits per heavy atom. The van der Waals surface area contributed by atoms with Crippen LogP contribution in [0, 0.1) is 6.92 Å². The second-order valence-electron chi connectivity index (χ2n) is 4.10. The van der Waals surface area contributed by atoms with E-state index >= 15 is 0 Å². The van der Waals surface area contributed by atoms with E-state index in [2.05, 4.69) is 4.98 Å². The van der Waals surface area contributed by atoms with E-state index in [0.717, 1.165) is 22.0 Å². The fourth-order valence-corrected chi connectivity index (χ4v) is 2.53. The molecule has 0 saturated carbocycles. The normalized spacial score (nSPS) is 12.4. The number of hydrogen-bond donors (Lipinski definition) is 1. The largest absolute Gasteiger partial charge is 0.323 e. The van der Waals surface area contributed by atoms with Crippen molar-refractivity contribution in [1.29, 1.82) is 0 Å². The molecule has 0 aliphatic rings. The molecule has 0 spiro atoms. The Labute approximate surface area is 117 Å². The van der Waals surface area contributed by atoms with Gasteiger partial charge in [0.05, 0.1) is 0 Å². The second kappa shape index (κ2) is 6.23. The number of aromatic nitrogens is 1. The number of nitrogens with zero attached hydrogens (tertiary/aromatic N) is 1. The van der Waals surface area contributed by atoms with E-state index in [0.29, 0.717) is 0 Å². The molecule has 1 heterocycles. The maximum Gasteiger partial charge on any atom is 0.0406 e. The molecule has 0 aliphatic heterocycles. The van der Waals surface area contributed by atoms with Crippen molar-refractivity contribution in [3.8, 4) is 0 Å². The van der Waals surface area contributed by atoms with Crippen molar-refractivity contribution in [2.75, 3.05) is 5.75 Å². The van der Waals surface area contributed by atoms with Crippen LogP contribution in [0.15, 0.2) is 47.5 Å². The van der Waals surface area contributed by atoms with Crippen LogP contribution in [0.1, 0.15) is 17.3 Å². The van der Waals surface area contributed by atoms with E-state index < -0.39 is 0 Å². The average Bonchev–Trinajstić information content (AvgIpc) is 2.38. The molecule has 0 aliphatic carbocycles. The molecule has 1 aromatic carbocycles. The number of aryl methyl sites for hydroxylation is 1. The SMILES string of the molecule is Cc1ccc(C(N)CSc2ccc(Cl)cc2)cn1. The van der Waals surface area contributed by atoms with E-state index in [1.165, 1.54) is 4.90 Å². The maximum absolute atomic E-state index is 6.14. The van der Waals surface area contributed by atoms with Crippen molar-refractivity contribution in [1.82, 2.24) is 4.98 Å². The number of benzene rings is 1. The molecule has 94 valence electrons. The summed E-state index contributed by atoms with van der Waals surface area (Å²) in [4.78, 5) is 5.44. The second-order valence-corrected chi connectivity index (χ2v) is 5.63. The van der Waals surface area contributed by atoms with Gasteiger partial charge in [0.1, 0.15) is 0 Å². The predicted molar refractivity (Wildman–Crippen MR) is 78.1 cm³/mol. The van der Waals surface area contributed by atoms with Gasteiger partial charge in [-0.2, -0.15) is 0 Å². The molecule has 4 heteroatoms. The molecule has 18 heavy (non-hydrogen) atoms. The molecule has 2 N–H and O–H groups in total. The van der Waals surface area contributed by atoms with E-state index in [1.807, 2.05) is 49.5 Å². The van der Waals surface area contributed by atoms with E-state index in [9.17, 15) is 0 Å². The molecule has 0 amide bonds. The molecular weight excluding hydrogens is 264 g/mol. The van der Waals surface area contributed by atoms with Crippen LogP contribution in [0.3, 0.4) is 0 Å². The first-order valence-corrected chi connectivity index (χ1v) is 7.08. The summed E-state index contributed by atoms with van der Waals surface area (Å²) in [5, 5.41) is 0.756. The summed E-state index contributed by atoms with van der Waals surface area (Å²) in [5.41, 5.74) is 8.22. The highest BCUT2D eigenvalue weighted by molar-refractivity contribution is 7.99. The summed E-state index contributed by atoms with van der Waals surface area (Å²) < 4.78 is 0. The number of nitrogens with two attached hydrogens (primary N) is 1. The predicted octanol–water partition coefficient (Wildman–Crippen LogP) is 3.84. The van der Waals surface area contributed by atoms with Crippen LogP contribution in [-0.2, 0) is 0 Å². The lowest BCUT2D eigenvalue weighted by atomic mass is 10.1. The van der Waals surface area contributed by atoms with Crippen molar-refractivity contribution in [2.24, 2.45) is 5.73 Å². The molecule has 0 radical (unpaired) electrons. The van der Waals surface area contributed by atoms with Crippen LogP contribution < -0.4 is 5.73 Å². The van der Waals surface area contributed by atoms with Crippen LogP contribution in [0.4, 0.5) is 0 Å². The number of thioether (sulfide) groups is 1. The quantitative estimate of drug-likeness (QED) is 0.864. The van der Waals surface area contributed by atoms with Gasteiger partial charge in [-0.05, 0) is 42.8 Å². The highest BCUT2D eigenvalue weighted by atomic mass is 35.5. The Kier molecular flexibility index (Phi) is 4.64. The van der Waals surface area contributed by atoms with Crippen molar-refractivity contribution in [3.63, 3.8) is 0 Å². The first-order valence-electron chi connectivity index (χ1n) is 5.71. The third-order valence-electron chi connectivity index (χ3n) is 2.61. The third-order valence-corrected chi connectivity index (χ3v) is 3.99. The zero-order chi connectivity index (χ0) is 13.0. The minimum absolute atomic E-state index is 0.00113. The first kappa shape index (κ1) is 13.4. The molecule has 2 nitrogen and oxygen atoms in total. The lowest BCUT2D eigenvalue weighted by molar-refractivity contribution is 0.822. The van der Waals surface area contributed by atoms with Gasteiger partial charge in [0, 0.05) is 33.6 Å². The van der Waals surface area contributed by atoms with E-state index in [-0.39, 0.29) is 6.04 Å². The Hall–Kier alpha value is -1.03. The molecule has 0 bridgehead atoms. The molecule has 0 fully saturated rings. The third kappa shape index (κ3) is 3.73. The standard InChI is InChI=1S/C14H15ClN2S/c1-10-2-3-11(8-17-10)14(16)9-18-13-6-4-12(15)5-7-13/h2-8,14H,9,16H2,1H3. The lowest BCUT2D eigenvalue weighted by Crippen LogP contribution is -2.13. The Morgan fingerprint density at radius 2 is 1.94 bits per heavy atom. The van der Waals surface area contributed by atoms with Gasteiger partial charge in [-0.15, -0.1) is 11.8 Å². The molecule has 1 atom stereocenters. The van der Waals surface area contributed by atoms with E-state index in [1.54, 1.807) is 11.8 Å². The van der Waals surface area contributed by atoms with Gasteiger partial charge in [-0.3, -0.25) is 4.98 Å². The van der Waals surface area contributed by atoms with Crippen LogP contribution in [0.25, 0.3) is 0 Å². The highest BCUT2D eigenvalue weighted by Gasteiger charge is 2.07. The van der Waals surface area contributed by atoms with Crippen LogP contribution in [0.2, 0.25) is 5.02 Å². The lowest BCUT2D eigenvalue weighted by Gasteiger charge is -2.11. The molecular formula is C14H15ClN2S. The smallest absolute Gasteiger partial charge is 0.0406 e. The topological polar surface area (TPSA) is 38.9 Å². The van der Waals surface area contributed by atoms with Crippen LogP contribution >= 0.6 is 23.4 Å². The average molecular weight is 279 g/mol. The Bertz CT molecular complexity index is 496. The monoisotopic (exact) mass is 278 g/mol. The van der Waals surface area contributed by atoms with Gasteiger partial charge in [-0.25, -0.2) is 0 Å². The van der Waals surface area contributed by atoms with Crippen molar-refractivity contribution < 1.29 is 0 Å². The molecule has 2 rings (SSSR count).